The van der Waals surface area contributed by atoms with Crippen LogP contribution in [-0.4, -0.2) is 21.3 Å². The lowest BCUT2D eigenvalue weighted by atomic mass is 10.2. The van der Waals surface area contributed by atoms with E-state index in [4.69, 9.17) is 5.73 Å². The van der Waals surface area contributed by atoms with Crippen molar-refractivity contribution in [3.63, 3.8) is 0 Å². The predicted molar refractivity (Wildman–Crippen MR) is 90.1 cm³/mol. The maximum atomic E-state index is 12.5. The van der Waals surface area contributed by atoms with E-state index in [2.05, 4.69) is 25.0 Å². The molecule has 3 rings (SSSR count). The molecule has 0 spiro atoms. The van der Waals surface area contributed by atoms with E-state index < -0.39 is 6.36 Å². The number of anilines is 2. The molecule has 0 aliphatic heterocycles. The first kappa shape index (κ1) is 17.5. The summed E-state index contributed by atoms with van der Waals surface area (Å²) >= 11 is 0. The van der Waals surface area contributed by atoms with Crippen LogP contribution in [-0.2, 0) is 6.54 Å². The van der Waals surface area contributed by atoms with Crippen molar-refractivity contribution in [2.24, 2.45) is 0 Å². The van der Waals surface area contributed by atoms with Crippen LogP contribution < -0.4 is 15.8 Å². The van der Waals surface area contributed by atoms with Gasteiger partial charge in [0.15, 0.2) is 5.82 Å². The van der Waals surface area contributed by atoms with Crippen molar-refractivity contribution in [3.05, 3.63) is 60.4 Å². The van der Waals surface area contributed by atoms with Gasteiger partial charge in [0.1, 0.15) is 17.4 Å². The molecule has 0 saturated carbocycles. The van der Waals surface area contributed by atoms with Crippen molar-refractivity contribution in [3.8, 4) is 17.1 Å². The van der Waals surface area contributed by atoms with Crippen molar-refractivity contribution < 1.29 is 17.9 Å². The van der Waals surface area contributed by atoms with E-state index in [1.54, 1.807) is 30.5 Å². The number of rotatable bonds is 5. The molecule has 0 bridgehead atoms. The first-order valence-corrected chi connectivity index (χ1v) is 7.54. The summed E-state index contributed by atoms with van der Waals surface area (Å²) in [6, 6.07) is 10.9. The molecule has 1 aromatic carbocycles. The Kier molecular flexibility index (Phi) is 4.87. The summed E-state index contributed by atoms with van der Waals surface area (Å²) < 4.78 is 41.5. The number of aromatic nitrogens is 3. The molecule has 3 aromatic rings. The van der Waals surface area contributed by atoms with E-state index in [1.807, 2.05) is 0 Å². The van der Waals surface area contributed by atoms with Gasteiger partial charge in [0, 0.05) is 24.5 Å². The van der Waals surface area contributed by atoms with Gasteiger partial charge in [-0.3, -0.25) is 0 Å². The molecule has 2 heterocycles. The summed E-state index contributed by atoms with van der Waals surface area (Å²) in [6.45, 7) is 0.0885. The highest BCUT2D eigenvalue weighted by atomic mass is 19.4. The lowest BCUT2D eigenvalue weighted by Crippen LogP contribution is -2.18. The number of para-hydroxylation sites is 1. The summed E-state index contributed by atoms with van der Waals surface area (Å²) in [5.41, 5.74) is 6.72. The Bertz CT molecular complexity index is 901. The summed E-state index contributed by atoms with van der Waals surface area (Å²) in [4.78, 5) is 12.4. The Morgan fingerprint density at radius 2 is 1.81 bits per heavy atom. The van der Waals surface area contributed by atoms with Crippen LogP contribution in [0.3, 0.4) is 0 Å². The second-order valence-electron chi connectivity index (χ2n) is 5.21. The van der Waals surface area contributed by atoms with Gasteiger partial charge >= 0.3 is 6.36 Å². The van der Waals surface area contributed by atoms with Crippen LogP contribution in [0.1, 0.15) is 5.56 Å². The summed E-state index contributed by atoms with van der Waals surface area (Å²) in [7, 11) is 0. The number of nitrogens with zero attached hydrogens (tertiary/aromatic N) is 3. The zero-order chi connectivity index (χ0) is 18.6. The topological polar surface area (TPSA) is 86.0 Å². The molecule has 0 fully saturated rings. The number of ether oxygens (including phenoxy) is 1. The van der Waals surface area contributed by atoms with Gasteiger partial charge in [-0.15, -0.1) is 13.2 Å². The van der Waals surface area contributed by atoms with Crippen LogP contribution in [0.15, 0.2) is 54.9 Å². The zero-order valence-corrected chi connectivity index (χ0v) is 13.4. The molecule has 9 heteroatoms. The molecule has 0 saturated heterocycles. The maximum Gasteiger partial charge on any atom is 0.573 e. The lowest BCUT2D eigenvalue weighted by Gasteiger charge is -2.14. The molecule has 0 atom stereocenters. The normalized spacial score (nSPS) is 11.2. The third-order valence-electron chi connectivity index (χ3n) is 3.39. The number of nitrogens with two attached hydrogens (primary N) is 1. The molecule has 3 N–H and O–H groups in total. The Labute approximate surface area is 146 Å². The lowest BCUT2D eigenvalue weighted by molar-refractivity contribution is -0.274. The molecular weight excluding hydrogens is 347 g/mol. The second kappa shape index (κ2) is 7.26. The predicted octanol–water partition coefficient (Wildman–Crippen LogP) is 3.63. The van der Waals surface area contributed by atoms with Crippen LogP contribution in [0.25, 0.3) is 11.4 Å². The fraction of sp³-hybridized carbons (Fsp3) is 0.118. The number of alkyl halides is 3. The average Bonchev–Trinajstić information content (AvgIpc) is 2.60. The number of nitrogen functional groups attached to an aromatic ring is 1. The molecular formula is C17H14F3N5O. The number of benzene rings is 1. The minimum absolute atomic E-state index is 0.0885. The van der Waals surface area contributed by atoms with Gasteiger partial charge in [0.25, 0.3) is 0 Å². The smallest absolute Gasteiger partial charge is 0.405 e. The molecule has 0 aliphatic carbocycles. The van der Waals surface area contributed by atoms with E-state index in [-0.39, 0.29) is 18.1 Å². The third-order valence-corrected chi connectivity index (χ3v) is 3.39. The highest BCUT2D eigenvalue weighted by Gasteiger charge is 2.31. The largest absolute Gasteiger partial charge is 0.573 e. The van der Waals surface area contributed by atoms with Crippen LogP contribution in [0, 0.1) is 0 Å². The molecule has 2 aromatic heterocycles. The Balaban J connectivity index is 1.77. The number of hydrogen-bond donors (Lipinski definition) is 2. The molecule has 0 amide bonds. The van der Waals surface area contributed by atoms with Gasteiger partial charge in [-0.2, -0.15) is 0 Å². The fourth-order valence-electron chi connectivity index (χ4n) is 2.25. The van der Waals surface area contributed by atoms with Crippen LogP contribution >= 0.6 is 0 Å². The summed E-state index contributed by atoms with van der Waals surface area (Å²) in [5.74, 6) is 0.812. The van der Waals surface area contributed by atoms with Crippen molar-refractivity contribution in [2.45, 2.75) is 12.9 Å². The standard InChI is InChI=1S/C17H14F3N5O/c18-17(19,20)26-13-6-2-1-4-11(13)10-24-14-7-9-23-16(25-14)12-5-3-8-22-15(12)21/h1-9H,10H2,(H2,21,22)(H,23,24,25). The molecule has 0 radical (unpaired) electrons. The van der Waals surface area contributed by atoms with Gasteiger partial charge in [-0.25, -0.2) is 15.0 Å². The van der Waals surface area contributed by atoms with Crippen LogP contribution in [0.2, 0.25) is 0 Å². The number of pyridine rings is 1. The van der Waals surface area contributed by atoms with E-state index >= 15 is 0 Å². The van der Waals surface area contributed by atoms with Crippen LogP contribution in [0.5, 0.6) is 5.75 Å². The summed E-state index contributed by atoms with van der Waals surface area (Å²) in [5, 5.41) is 2.96. The Morgan fingerprint density at radius 3 is 2.58 bits per heavy atom. The van der Waals surface area contributed by atoms with Crippen molar-refractivity contribution >= 4 is 11.6 Å². The van der Waals surface area contributed by atoms with Gasteiger partial charge in [-0.1, -0.05) is 18.2 Å². The van der Waals surface area contributed by atoms with E-state index in [0.29, 0.717) is 22.8 Å². The minimum atomic E-state index is -4.75. The number of hydrogen-bond acceptors (Lipinski definition) is 6. The molecule has 6 nitrogen and oxygen atoms in total. The highest BCUT2D eigenvalue weighted by Crippen LogP contribution is 2.27. The minimum Gasteiger partial charge on any atom is -0.405 e. The quantitative estimate of drug-likeness (QED) is 0.722. The van der Waals surface area contributed by atoms with Gasteiger partial charge in [-0.05, 0) is 24.3 Å². The van der Waals surface area contributed by atoms with E-state index in [1.165, 1.54) is 24.4 Å². The number of nitrogens with one attached hydrogen (secondary N) is 1. The molecule has 0 unspecified atom stereocenters. The van der Waals surface area contributed by atoms with E-state index in [0.717, 1.165) is 0 Å². The van der Waals surface area contributed by atoms with Crippen molar-refractivity contribution in [2.75, 3.05) is 11.1 Å². The number of halogens is 3. The average molecular weight is 361 g/mol. The third kappa shape index (κ3) is 4.38. The van der Waals surface area contributed by atoms with Gasteiger partial charge in [0.05, 0.1) is 5.56 Å². The zero-order valence-electron chi connectivity index (χ0n) is 13.4. The van der Waals surface area contributed by atoms with Gasteiger partial charge in [0.2, 0.25) is 0 Å². The fourth-order valence-corrected chi connectivity index (χ4v) is 2.25. The van der Waals surface area contributed by atoms with E-state index in [9.17, 15) is 13.2 Å². The van der Waals surface area contributed by atoms with Crippen molar-refractivity contribution in [1.29, 1.82) is 0 Å². The highest BCUT2D eigenvalue weighted by molar-refractivity contribution is 5.68. The van der Waals surface area contributed by atoms with Gasteiger partial charge < -0.3 is 15.8 Å². The molecule has 134 valence electrons. The Hall–Kier alpha value is -3.36. The SMILES string of the molecule is Nc1ncccc1-c1nccc(NCc2ccccc2OC(F)(F)F)n1. The first-order valence-electron chi connectivity index (χ1n) is 7.54. The monoisotopic (exact) mass is 361 g/mol. The molecule has 0 aliphatic rings. The second-order valence-corrected chi connectivity index (χ2v) is 5.21. The van der Waals surface area contributed by atoms with Crippen molar-refractivity contribution in [1.82, 2.24) is 15.0 Å². The Morgan fingerprint density at radius 1 is 1.00 bits per heavy atom. The van der Waals surface area contributed by atoms with Crippen LogP contribution in [0.4, 0.5) is 24.8 Å². The molecule has 26 heavy (non-hydrogen) atoms. The maximum absolute atomic E-state index is 12.5. The first-order chi connectivity index (χ1) is 12.4. The summed E-state index contributed by atoms with van der Waals surface area (Å²) in [6.07, 6.45) is -1.68.